The molecular formula is C32H43N15O24P4. The summed E-state index contributed by atoms with van der Waals surface area (Å²) in [5.41, 5.74) is 15.2. The van der Waals surface area contributed by atoms with E-state index in [0.29, 0.717) is 0 Å². The molecule has 6 aromatic rings. The van der Waals surface area contributed by atoms with Gasteiger partial charge in [0.05, 0.1) is 38.8 Å². The van der Waals surface area contributed by atoms with Crippen molar-refractivity contribution in [2.24, 2.45) is 0 Å². The van der Waals surface area contributed by atoms with Crippen molar-refractivity contribution >= 4 is 82.5 Å². The molecule has 3 aliphatic rings. The number of aromatic nitrogens is 12. The minimum Gasteiger partial charge on any atom is -0.387 e. The van der Waals surface area contributed by atoms with Crippen molar-refractivity contribution in [2.75, 3.05) is 51.2 Å². The van der Waals surface area contributed by atoms with Crippen LogP contribution in [0.25, 0.3) is 33.5 Å². The fourth-order valence-corrected chi connectivity index (χ4v) is 12.7. The molecule has 0 aromatic carbocycles. The van der Waals surface area contributed by atoms with Gasteiger partial charge in [0, 0.05) is 14.2 Å². The average molecular weight is 1150 g/mol. The number of phosphoric acid groups is 4. The van der Waals surface area contributed by atoms with Gasteiger partial charge < -0.3 is 75.8 Å². The SMILES string of the molecule is COC1C(COP(=O)(O)OP(=O)(O)OP(=O)(O)OCC2OC(n3cnc4c(N)ncnc43)C(OC)C2OP(=O)(O)OCC2OC(n3cnc4c(=O)[nH]c(N)nc43)C(O)C2O)OC(n2cnc3c(=O)[nH]c(N)nc32)C1O. The van der Waals surface area contributed by atoms with Crippen LogP contribution in [0.15, 0.2) is 34.9 Å². The zero-order valence-electron chi connectivity index (χ0n) is 37.9. The minimum absolute atomic E-state index is 0.0119. The van der Waals surface area contributed by atoms with E-state index >= 15 is 0 Å². The fourth-order valence-electron chi connectivity index (χ4n) is 8.24. The number of methoxy groups -OCH3 is 2. The summed E-state index contributed by atoms with van der Waals surface area (Å²) in [6.45, 7) is -3.26. The first-order valence-electron chi connectivity index (χ1n) is 21.1. The summed E-state index contributed by atoms with van der Waals surface area (Å²) < 4.78 is 113. The van der Waals surface area contributed by atoms with Crippen molar-refractivity contribution in [3.05, 3.63) is 46.0 Å². The highest BCUT2D eigenvalue weighted by atomic mass is 31.3. The molecule has 9 heterocycles. The average Bonchev–Trinajstić information content (AvgIpc) is 4.18. The molecule has 0 saturated carbocycles. The smallest absolute Gasteiger partial charge is 0.387 e. The molecule has 75 heavy (non-hydrogen) atoms. The summed E-state index contributed by atoms with van der Waals surface area (Å²) in [4.78, 5) is 99.4. The van der Waals surface area contributed by atoms with Crippen LogP contribution in [0, 0.1) is 0 Å². The molecule has 9 rings (SSSR count). The van der Waals surface area contributed by atoms with Crippen LogP contribution >= 0.6 is 31.3 Å². The van der Waals surface area contributed by atoms with Gasteiger partial charge >= 0.3 is 31.3 Å². The summed E-state index contributed by atoms with van der Waals surface area (Å²) >= 11 is 0. The van der Waals surface area contributed by atoms with Gasteiger partial charge in [-0.3, -0.25) is 51.4 Å². The highest BCUT2D eigenvalue weighted by Gasteiger charge is 2.53. The minimum atomic E-state index is -6.18. The normalized spacial score (nSPS) is 30.5. The molecule has 3 aliphatic heterocycles. The summed E-state index contributed by atoms with van der Waals surface area (Å²) in [5, 5.41) is 32.7. The van der Waals surface area contributed by atoms with Gasteiger partial charge in [-0.25, -0.2) is 43.2 Å². The lowest BCUT2D eigenvalue weighted by atomic mass is 10.1. The second-order valence-electron chi connectivity index (χ2n) is 16.2. The Kier molecular flexibility index (Phi) is 15.1. The van der Waals surface area contributed by atoms with E-state index in [-0.39, 0.29) is 51.2 Å². The molecule has 15 N–H and O–H groups in total. The number of aromatic amines is 2. The lowest BCUT2D eigenvalue weighted by molar-refractivity contribution is -0.0582. The molecule has 0 radical (unpaired) electrons. The number of nitrogens with two attached hydrogens (primary N) is 3. The molecule has 0 spiro atoms. The van der Waals surface area contributed by atoms with E-state index in [0.717, 1.165) is 48.7 Å². The van der Waals surface area contributed by atoms with E-state index in [2.05, 4.69) is 53.5 Å². The third-order valence-corrected chi connectivity index (χ3v) is 16.7. The fraction of sp³-hybridized carbons (Fsp3) is 0.531. The second kappa shape index (κ2) is 20.7. The number of aliphatic hydroxyl groups is 3. The largest absolute Gasteiger partial charge is 0.490 e. The number of H-pyrrole nitrogens is 2. The van der Waals surface area contributed by atoms with Crippen molar-refractivity contribution in [2.45, 2.75) is 73.6 Å². The zero-order chi connectivity index (χ0) is 54.1. The molecule has 43 heteroatoms. The zero-order valence-corrected chi connectivity index (χ0v) is 41.5. The number of nitrogens with zero attached hydrogens (tertiary/aromatic N) is 10. The number of ether oxygens (including phenoxy) is 5. The predicted molar refractivity (Wildman–Crippen MR) is 240 cm³/mol. The van der Waals surface area contributed by atoms with Gasteiger partial charge in [-0.05, 0) is 0 Å². The number of imidazole rings is 3. The maximum atomic E-state index is 13.7. The lowest BCUT2D eigenvalue weighted by Crippen LogP contribution is -2.38. The summed E-state index contributed by atoms with van der Waals surface area (Å²) in [6, 6.07) is 0. The maximum Gasteiger partial charge on any atom is 0.490 e. The Bertz CT molecular complexity index is 3430. The molecule has 0 amide bonds. The van der Waals surface area contributed by atoms with Gasteiger partial charge in [0.25, 0.3) is 11.1 Å². The topological polar surface area (TPSA) is 560 Å². The number of hydrogen-bond acceptors (Lipinski definition) is 30. The molecule has 39 nitrogen and oxygen atoms in total. The summed E-state index contributed by atoms with van der Waals surface area (Å²) in [7, 11) is -21.2. The van der Waals surface area contributed by atoms with Gasteiger partial charge in [0.15, 0.2) is 52.5 Å². The first-order chi connectivity index (χ1) is 35.3. The number of phosphoric ester groups is 3. The first kappa shape index (κ1) is 54.6. The van der Waals surface area contributed by atoms with Gasteiger partial charge in [-0.1, -0.05) is 0 Å². The van der Waals surface area contributed by atoms with Crippen molar-refractivity contribution in [1.82, 2.24) is 58.6 Å². The van der Waals surface area contributed by atoms with Crippen molar-refractivity contribution in [1.29, 1.82) is 0 Å². The third kappa shape index (κ3) is 11.1. The van der Waals surface area contributed by atoms with E-state index in [1.807, 2.05) is 0 Å². The Morgan fingerprint density at radius 2 is 1.01 bits per heavy atom. The predicted octanol–water partition coefficient (Wildman–Crippen LogP) is -3.49. The van der Waals surface area contributed by atoms with Gasteiger partial charge in [0.1, 0.15) is 66.8 Å². The monoisotopic (exact) mass is 1150 g/mol. The highest BCUT2D eigenvalue weighted by molar-refractivity contribution is 7.66. The third-order valence-electron chi connectivity index (χ3n) is 11.5. The molecule has 3 saturated heterocycles. The van der Waals surface area contributed by atoms with E-state index < -0.39 is 136 Å². The Morgan fingerprint density at radius 3 is 1.56 bits per heavy atom. The van der Waals surface area contributed by atoms with Crippen molar-refractivity contribution < 1.29 is 104 Å². The van der Waals surface area contributed by atoms with Crippen LogP contribution in [0.4, 0.5) is 17.7 Å². The lowest BCUT2D eigenvalue weighted by Gasteiger charge is -2.26. The van der Waals surface area contributed by atoms with Gasteiger partial charge in [-0.15, -0.1) is 0 Å². The molecule has 0 bridgehead atoms. The van der Waals surface area contributed by atoms with E-state index in [1.165, 1.54) is 4.57 Å². The second-order valence-corrected chi connectivity index (χ2v) is 22.2. The molecule has 16 atom stereocenters. The maximum absolute atomic E-state index is 13.7. The van der Waals surface area contributed by atoms with E-state index in [1.54, 1.807) is 0 Å². The van der Waals surface area contributed by atoms with Crippen LogP contribution in [0.2, 0.25) is 0 Å². The molecule has 16 unspecified atom stereocenters. The summed E-state index contributed by atoms with van der Waals surface area (Å²) in [6.07, 6.45) is -14.9. The first-order valence-corrected chi connectivity index (χ1v) is 27.1. The Labute approximate surface area is 414 Å². The number of hydrogen-bond donors (Lipinski definition) is 12. The van der Waals surface area contributed by atoms with Crippen LogP contribution < -0.4 is 28.3 Å². The molecule has 0 aliphatic carbocycles. The standard InChI is InChI=1S/C32H43N15O24P4/c1-61-19-11(67-29(18(19)50)47-9-40-15-25(47)42-32(35)44-27(15)52)4-64-73(55,56)70-75(59,60)71-74(57,58)65-5-12-20(21(62-2)30(68-12)45-7-38-13-22(33)36-6-37-23(13)45)69-72(53,54)63-3-10-16(48)17(49)28(66-10)46-8-39-14-24(46)41-31(34)43-26(14)51/h6-12,16-21,28-30,48-50H,3-5H2,1-2H3,(H,53,54)(H,55,56)(H,57,58)(H,59,60)(H2,33,36,37)(H3,34,41,43,51)(H3,35,42,44,52). The van der Waals surface area contributed by atoms with E-state index in [4.69, 9.17) is 59.0 Å². The molecular weight excluding hydrogens is 1100 g/mol. The van der Waals surface area contributed by atoms with Crippen LogP contribution in [0.1, 0.15) is 18.7 Å². The van der Waals surface area contributed by atoms with E-state index in [9.17, 15) is 62.7 Å². The number of aliphatic hydroxyl groups excluding tert-OH is 3. The number of anilines is 3. The Morgan fingerprint density at radius 1 is 0.560 bits per heavy atom. The van der Waals surface area contributed by atoms with Crippen LogP contribution in [-0.2, 0) is 68.7 Å². The van der Waals surface area contributed by atoms with Gasteiger partial charge in [0.2, 0.25) is 11.9 Å². The van der Waals surface area contributed by atoms with Crippen molar-refractivity contribution in [3.63, 3.8) is 0 Å². The Balaban J connectivity index is 0.864. The highest BCUT2D eigenvalue weighted by Crippen LogP contribution is 2.68. The van der Waals surface area contributed by atoms with Crippen LogP contribution in [-0.4, -0.2) is 182 Å². The molecule has 3 fully saturated rings. The number of rotatable bonds is 20. The molecule has 6 aromatic heterocycles. The quantitative estimate of drug-likeness (QED) is 0.0330. The van der Waals surface area contributed by atoms with Gasteiger partial charge in [-0.2, -0.15) is 18.6 Å². The number of fused-ring (bicyclic) bond motifs is 3. The number of nitrogen functional groups attached to an aromatic ring is 3. The van der Waals surface area contributed by atoms with Crippen LogP contribution in [0.5, 0.6) is 0 Å². The Hall–Kier alpha value is -5.15. The van der Waals surface area contributed by atoms with Crippen LogP contribution in [0.3, 0.4) is 0 Å². The van der Waals surface area contributed by atoms with Crippen molar-refractivity contribution in [3.8, 4) is 0 Å². The molecule has 410 valence electrons. The summed E-state index contributed by atoms with van der Waals surface area (Å²) in [5.74, 6) is -0.705. The number of nitrogens with one attached hydrogen (secondary N) is 2.